The summed E-state index contributed by atoms with van der Waals surface area (Å²) in [4.78, 5) is 13.6. The van der Waals surface area contributed by atoms with Gasteiger partial charge in [0.15, 0.2) is 0 Å². The molecule has 116 valence electrons. The third-order valence-electron chi connectivity index (χ3n) is 3.87. The first-order chi connectivity index (χ1) is 10.1. The molecule has 5 heteroatoms. The summed E-state index contributed by atoms with van der Waals surface area (Å²) in [5, 5.41) is 1.22. The average Bonchev–Trinajstić information content (AvgIpc) is 2.45. The highest BCUT2D eigenvalue weighted by Gasteiger charge is 2.21. The third kappa shape index (κ3) is 5.17. The van der Waals surface area contributed by atoms with Gasteiger partial charge in [-0.15, -0.1) is 0 Å². The second kappa shape index (κ2) is 8.02. The van der Waals surface area contributed by atoms with Gasteiger partial charge in [0.1, 0.15) is 0 Å². The van der Waals surface area contributed by atoms with E-state index in [9.17, 15) is 4.79 Å². The molecule has 0 spiro atoms. The first-order valence-electron chi connectivity index (χ1n) is 7.40. The number of carbonyl (C=O) groups is 1. The van der Waals surface area contributed by atoms with Crippen LogP contribution >= 0.6 is 23.2 Å². The predicted octanol–water partition coefficient (Wildman–Crippen LogP) is 3.81. The Morgan fingerprint density at radius 1 is 1.29 bits per heavy atom. The molecule has 0 unspecified atom stereocenters. The summed E-state index contributed by atoms with van der Waals surface area (Å²) in [7, 11) is 0. The molecule has 0 amide bonds. The van der Waals surface area contributed by atoms with E-state index in [1.54, 1.807) is 0 Å². The van der Waals surface area contributed by atoms with E-state index in [0.29, 0.717) is 29.1 Å². The zero-order chi connectivity index (χ0) is 15.2. The van der Waals surface area contributed by atoms with Crippen LogP contribution in [0.25, 0.3) is 0 Å². The summed E-state index contributed by atoms with van der Waals surface area (Å²) >= 11 is 12.0. The zero-order valence-corrected chi connectivity index (χ0v) is 13.8. The number of hydrogen-bond donors (Lipinski definition) is 0. The Morgan fingerprint density at radius 2 is 2.00 bits per heavy atom. The molecular weight excluding hydrogens is 309 g/mol. The Hall–Kier alpha value is -0.770. The molecule has 1 aliphatic rings. The van der Waals surface area contributed by atoms with Crippen molar-refractivity contribution in [3.8, 4) is 0 Å². The van der Waals surface area contributed by atoms with Gasteiger partial charge in [0.25, 0.3) is 0 Å². The number of nitrogens with zero attached hydrogens (tertiary/aromatic N) is 1. The Morgan fingerprint density at radius 3 is 2.62 bits per heavy atom. The molecule has 1 fully saturated rings. The molecule has 1 aromatic carbocycles. The van der Waals surface area contributed by atoms with E-state index >= 15 is 0 Å². The van der Waals surface area contributed by atoms with E-state index in [4.69, 9.17) is 27.9 Å². The van der Waals surface area contributed by atoms with Gasteiger partial charge in [0, 0.05) is 0 Å². The van der Waals surface area contributed by atoms with Crippen LogP contribution in [0.1, 0.15) is 25.3 Å². The number of benzene rings is 1. The molecule has 0 N–H and O–H groups in total. The molecular formula is C16H21Cl2NO2. The molecule has 1 aromatic rings. The highest BCUT2D eigenvalue weighted by atomic mass is 35.5. The molecule has 1 saturated heterocycles. The number of ether oxygens (including phenoxy) is 1. The summed E-state index contributed by atoms with van der Waals surface area (Å²) in [6, 6.07) is 5.85. The summed E-state index contributed by atoms with van der Waals surface area (Å²) in [6.07, 6.45) is 3.21. The number of esters is 1. The van der Waals surface area contributed by atoms with E-state index in [-0.39, 0.29) is 5.97 Å². The van der Waals surface area contributed by atoms with Crippen molar-refractivity contribution in [2.45, 2.75) is 26.2 Å². The molecule has 0 saturated carbocycles. The van der Waals surface area contributed by atoms with Crippen LogP contribution < -0.4 is 0 Å². The van der Waals surface area contributed by atoms with Crippen molar-refractivity contribution in [2.24, 2.45) is 5.92 Å². The van der Waals surface area contributed by atoms with Crippen LogP contribution in [0.3, 0.4) is 0 Å². The number of likely N-dealkylation sites (tertiary alicyclic amines) is 1. The minimum Gasteiger partial charge on any atom is -0.465 e. The van der Waals surface area contributed by atoms with Crippen molar-refractivity contribution < 1.29 is 9.53 Å². The van der Waals surface area contributed by atoms with Crippen LogP contribution in [0, 0.1) is 5.92 Å². The largest absolute Gasteiger partial charge is 0.465 e. The van der Waals surface area contributed by atoms with Gasteiger partial charge in [0.05, 0.1) is 23.2 Å². The molecule has 0 atom stereocenters. The van der Waals surface area contributed by atoms with Crippen molar-refractivity contribution in [1.29, 1.82) is 0 Å². The minimum atomic E-state index is -0.125. The molecule has 1 aliphatic heterocycles. The molecule has 21 heavy (non-hydrogen) atoms. The van der Waals surface area contributed by atoms with Crippen molar-refractivity contribution in [2.75, 3.05) is 26.2 Å². The lowest BCUT2D eigenvalue weighted by molar-refractivity contribution is -0.144. The number of halogens is 2. The van der Waals surface area contributed by atoms with E-state index in [0.717, 1.165) is 32.4 Å². The standard InChI is InChI=1S/C16H21Cl2NO2/c1-2-21-16(20)11-19-7-5-12(6-8-19)9-13-3-4-14(17)15(18)10-13/h3-4,10,12H,2,5-9,11H2,1H3. The predicted molar refractivity (Wildman–Crippen MR) is 86.0 cm³/mol. The molecule has 0 bridgehead atoms. The van der Waals surface area contributed by atoms with Gasteiger partial charge < -0.3 is 4.74 Å². The second-order valence-electron chi connectivity index (χ2n) is 5.48. The first-order valence-corrected chi connectivity index (χ1v) is 8.16. The van der Waals surface area contributed by atoms with Crippen LogP contribution in [0.15, 0.2) is 18.2 Å². The molecule has 0 radical (unpaired) electrons. The zero-order valence-electron chi connectivity index (χ0n) is 12.3. The van der Waals surface area contributed by atoms with E-state index in [1.165, 1.54) is 5.56 Å². The summed E-state index contributed by atoms with van der Waals surface area (Å²) in [6.45, 7) is 4.59. The summed E-state index contributed by atoms with van der Waals surface area (Å²) < 4.78 is 4.98. The lowest BCUT2D eigenvalue weighted by Gasteiger charge is -2.31. The molecule has 2 rings (SSSR count). The van der Waals surface area contributed by atoms with Crippen molar-refractivity contribution >= 4 is 29.2 Å². The fourth-order valence-corrected chi connectivity index (χ4v) is 3.06. The number of hydrogen-bond acceptors (Lipinski definition) is 3. The van der Waals surface area contributed by atoms with Gasteiger partial charge in [-0.1, -0.05) is 29.3 Å². The van der Waals surface area contributed by atoms with Crippen LogP contribution in [-0.4, -0.2) is 37.1 Å². The third-order valence-corrected chi connectivity index (χ3v) is 4.61. The van der Waals surface area contributed by atoms with Gasteiger partial charge in [0.2, 0.25) is 0 Å². The van der Waals surface area contributed by atoms with Crippen LogP contribution in [0.4, 0.5) is 0 Å². The van der Waals surface area contributed by atoms with Gasteiger partial charge >= 0.3 is 5.97 Å². The van der Waals surface area contributed by atoms with E-state index in [1.807, 2.05) is 25.1 Å². The number of carbonyl (C=O) groups excluding carboxylic acids is 1. The van der Waals surface area contributed by atoms with Gasteiger partial charge in [-0.25, -0.2) is 0 Å². The molecule has 3 nitrogen and oxygen atoms in total. The SMILES string of the molecule is CCOC(=O)CN1CCC(Cc2ccc(Cl)c(Cl)c2)CC1. The maximum atomic E-state index is 11.5. The number of piperidine rings is 1. The van der Waals surface area contributed by atoms with Gasteiger partial charge in [-0.3, -0.25) is 9.69 Å². The Balaban J connectivity index is 1.78. The molecule has 0 aliphatic carbocycles. The van der Waals surface area contributed by atoms with Crippen LogP contribution in [0.2, 0.25) is 10.0 Å². The monoisotopic (exact) mass is 329 g/mol. The Bertz CT molecular complexity index is 485. The van der Waals surface area contributed by atoms with E-state index < -0.39 is 0 Å². The highest BCUT2D eigenvalue weighted by Crippen LogP contribution is 2.26. The molecule has 1 heterocycles. The normalized spacial score (nSPS) is 16.9. The van der Waals surface area contributed by atoms with Gasteiger partial charge in [-0.2, -0.15) is 0 Å². The minimum absolute atomic E-state index is 0.125. The lowest BCUT2D eigenvalue weighted by Crippen LogP contribution is -2.38. The Kier molecular flexibility index (Phi) is 6.34. The quantitative estimate of drug-likeness (QED) is 0.769. The topological polar surface area (TPSA) is 29.5 Å². The van der Waals surface area contributed by atoms with Gasteiger partial charge in [-0.05, 0) is 62.9 Å². The highest BCUT2D eigenvalue weighted by molar-refractivity contribution is 6.42. The fourth-order valence-electron chi connectivity index (χ4n) is 2.74. The van der Waals surface area contributed by atoms with Crippen LogP contribution in [-0.2, 0) is 16.0 Å². The molecule has 0 aromatic heterocycles. The lowest BCUT2D eigenvalue weighted by atomic mass is 9.90. The van der Waals surface area contributed by atoms with E-state index in [2.05, 4.69) is 4.90 Å². The van der Waals surface area contributed by atoms with Crippen molar-refractivity contribution in [3.63, 3.8) is 0 Å². The summed E-state index contributed by atoms with van der Waals surface area (Å²) in [5.74, 6) is 0.515. The Labute approximate surface area is 136 Å². The first kappa shape index (κ1) is 16.6. The van der Waals surface area contributed by atoms with Crippen LogP contribution in [0.5, 0.6) is 0 Å². The second-order valence-corrected chi connectivity index (χ2v) is 6.29. The average molecular weight is 330 g/mol. The number of rotatable bonds is 5. The maximum Gasteiger partial charge on any atom is 0.320 e. The van der Waals surface area contributed by atoms with Crippen molar-refractivity contribution in [3.05, 3.63) is 33.8 Å². The smallest absolute Gasteiger partial charge is 0.320 e. The fraction of sp³-hybridized carbons (Fsp3) is 0.562. The summed E-state index contributed by atoms with van der Waals surface area (Å²) in [5.41, 5.74) is 1.23. The van der Waals surface area contributed by atoms with Crippen molar-refractivity contribution in [1.82, 2.24) is 4.90 Å². The maximum absolute atomic E-state index is 11.5.